The number of hydrogen-bond acceptors (Lipinski definition) is 10. The van der Waals surface area contributed by atoms with Crippen molar-refractivity contribution in [3.8, 4) is 28.7 Å². The van der Waals surface area contributed by atoms with Gasteiger partial charge in [-0.15, -0.1) is 12.4 Å². The third kappa shape index (κ3) is 5.30. The topological polar surface area (TPSA) is 153 Å². The fraction of sp³-hybridized carbons (Fsp3) is 0.375. The van der Waals surface area contributed by atoms with Crippen LogP contribution in [-0.4, -0.2) is 86.5 Å². The lowest BCUT2D eigenvalue weighted by molar-refractivity contribution is -0.141. The van der Waals surface area contributed by atoms with E-state index in [0.29, 0.717) is 77.6 Å². The minimum atomic E-state index is -0.697. The summed E-state index contributed by atoms with van der Waals surface area (Å²) in [6.07, 6.45) is -0.697. The number of anilines is 2. The Morgan fingerprint density at radius 1 is 0.973 bits per heavy atom. The average Bonchev–Trinajstić information content (AvgIpc) is 2.91. The van der Waals surface area contributed by atoms with Crippen LogP contribution in [0.25, 0.3) is 10.9 Å². The maximum absolute atomic E-state index is 13.1. The van der Waals surface area contributed by atoms with Crippen LogP contribution in [0.5, 0.6) is 28.7 Å². The average molecular weight is 536 g/mol. The number of carbonyl (C=O) groups excluding carboxylic acids is 1. The van der Waals surface area contributed by atoms with Crippen molar-refractivity contribution in [3.63, 3.8) is 0 Å². The Hall–Kier alpha value is -3.90. The predicted molar refractivity (Wildman–Crippen MR) is 140 cm³/mol. The van der Waals surface area contributed by atoms with Crippen molar-refractivity contribution in [2.24, 2.45) is 0 Å². The van der Waals surface area contributed by atoms with E-state index >= 15 is 0 Å². The number of nitrogens with zero attached hydrogens (tertiary/aromatic N) is 4. The van der Waals surface area contributed by atoms with Crippen molar-refractivity contribution in [3.05, 3.63) is 30.3 Å². The molecule has 0 saturated carbocycles. The van der Waals surface area contributed by atoms with Crippen molar-refractivity contribution >= 4 is 41.0 Å². The van der Waals surface area contributed by atoms with Crippen molar-refractivity contribution < 1.29 is 34.0 Å². The van der Waals surface area contributed by atoms with Crippen molar-refractivity contribution in [2.75, 3.05) is 64.7 Å². The van der Waals surface area contributed by atoms with Gasteiger partial charge in [-0.2, -0.15) is 4.98 Å². The number of rotatable bonds is 5. The number of ether oxygens (including phenoxy) is 5. The largest absolute Gasteiger partial charge is 0.497 e. The third-order valence-electron chi connectivity index (χ3n) is 6.18. The number of piperazine rings is 1. The van der Waals surface area contributed by atoms with Gasteiger partial charge in [-0.25, -0.2) is 4.98 Å². The molecule has 13 heteroatoms. The van der Waals surface area contributed by atoms with Gasteiger partial charge in [-0.05, 0) is 18.2 Å². The number of amides is 1. The molecule has 2 aliphatic heterocycles. The quantitative estimate of drug-likeness (QED) is 0.506. The molecule has 1 saturated heterocycles. The zero-order valence-electron chi connectivity index (χ0n) is 20.7. The molecule has 0 bridgehead atoms. The van der Waals surface area contributed by atoms with E-state index in [1.807, 2.05) is 4.90 Å². The molecule has 0 aliphatic carbocycles. The Morgan fingerprint density at radius 2 is 1.68 bits per heavy atom. The van der Waals surface area contributed by atoms with Crippen LogP contribution < -0.4 is 34.3 Å². The maximum Gasteiger partial charge on any atom is 0.267 e. The van der Waals surface area contributed by atoms with Gasteiger partial charge in [-0.1, -0.05) is 0 Å². The monoisotopic (exact) mass is 535 g/mol. The number of hydrogen-bond donors (Lipinski definition) is 1. The van der Waals surface area contributed by atoms with Crippen LogP contribution >= 0.6 is 12.4 Å². The van der Waals surface area contributed by atoms with Gasteiger partial charge in [0, 0.05) is 43.7 Å². The van der Waals surface area contributed by atoms with E-state index in [-0.39, 0.29) is 30.4 Å². The second kappa shape index (κ2) is 11.4. The predicted octanol–water partition coefficient (Wildman–Crippen LogP) is 1.32. The summed E-state index contributed by atoms with van der Waals surface area (Å²) in [5, 5.41) is 0.688. The first-order valence-corrected chi connectivity index (χ1v) is 11.2. The van der Waals surface area contributed by atoms with E-state index in [1.165, 1.54) is 0 Å². The lowest BCUT2D eigenvalue weighted by atomic mass is 10.2. The summed E-state index contributed by atoms with van der Waals surface area (Å²) >= 11 is 0. The summed E-state index contributed by atoms with van der Waals surface area (Å²) in [7, 11) is 4.72. The molecule has 12 nitrogen and oxygen atoms in total. The number of carbonyl (C=O) groups is 1. The molecule has 0 spiro atoms. The second-order valence-corrected chi connectivity index (χ2v) is 8.18. The van der Waals surface area contributed by atoms with Crippen molar-refractivity contribution in [1.82, 2.24) is 14.9 Å². The zero-order valence-corrected chi connectivity index (χ0v) is 21.5. The summed E-state index contributed by atoms with van der Waals surface area (Å²) < 4.78 is 27.6. The number of aromatic nitrogens is 2. The molecule has 1 unspecified atom stereocenters. The Kier molecular flexibility index (Phi) is 8.56. The van der Waals surface area contributed by atoms with E-state index in [2.05, 4.69) is 9.97 Å². The summed E-state index contributed by atoms with van der Waals surface area (Å²) in [6, 6.07) is 8.82. The molecule has 1 amide bonds. The summed E-state index contributed by atoms with van der Waals surface area (Å²) in [4.78, 5) is 26.1. The van der Waals surface area contributed by atoms with Gasteiger partial charge in [0.1, 0.15) is 18.2 Å². The number of nitrogen functional groups attached to an aromatic ring is 1. The highest BCUT2D eigenvalue weighted by atomic mass is 35.5. The van der Waals surface area contributed by atoms with Crippen LogP contribution in [0.15, 0.2) is 30.3 Å². The number of methoxy groups -OCH3 is 3. The van der Waals surface area contributed by atoms with E-state index in [1.54, 1.807) is 56.6 Å². The number of halogens is 1. The molecule has 37 heavy (non-hydrogen) atoms. The maximum atomic E-state index is 13.1. The van der Waals surface area contributed by atoms with Crippen LogP contribution in [0.4, 0.5) is 11.8 Å². The molecule has 1 aromatic heterocycles. The molecule has 2 aromatic carbocycles. The first kappa shape index (κ1) is 27.7. The Balaban J connectivity index is 0.00000190. The van der Waals surface area contributed by atoms with Gasteiger partial charge in [0.15, 0.2) is 23.0 Å². The van der Waals surface area contributed by atoms with Gasteiger partial charge >= 0.3 is 0 Å². The SMILES string of the molecule is COc1ccc2c(c1)OCC(C(=O)N1CCN(c3nc(N)c4cc(OC)c(OC)cc4n3)CC1)O2.Cl.O. The Bertz CT molecular complexity index is 1270. The van der Waals surface area contributed by atoms with Crippen molar-refractivity contribution in [1.29, 1.82) is 0 Å². The molecular formula is C24H30ClN5O7. The first-order valence-electron chi connectivity index (χ1n) is 11.2. The van der Waals surface area contributed by atoms with E-state index in [9.17, 15) is 4.79 Å². The van der Waals surface area contributed by atoms with Gasteiger partial charge < -0.3 is 44.7 Å². The second-order valence-electron chi connectivity index (χ2n) is 8.18. The smallest absolute Gasteiger partial charge is 0.267 e. The molecule has 2 aliphatic rings. The highest BCUT2D eigenvalue weighted by Crippen LogP contribution is 2.36. The zero-order chi connectivity index (χ0) is 24.5. The molecule has 200 valence electrons. The van der Waals surface area contributed by atoms with E-state index in [4.69, 9.17) is 29.4 Å². The Labute approximate surface area is 219 Å². The van der Waals surface area contributed by atoms with Crippen LogP contribution in [0.2, 0.25) is 0 Å². The highest BCUT2D eigenvalue weighted by Gasteiger charge is 2.33. The molecule has 3 aromatic rings. The summed E-state index contributed by atoms with van der Waals surface area (Å²) in [6.45, 7) is 2.27. The third-order valence-corrected chi connectivity index (χ3v) is 6.18. The number of nitrogens with two attached hydrogens (primary N) is 1. The molecular weight excluding hydrogens is 506 g/mol. The van der Waals surface area contributed by atoms with Crippen LogP contribution in [0, 0.1) is 0 Å². The van der Waals surface area contributed by atoms with Crippen molar-refractivity contribution in [2.45, 2.75) is 6.10 Å². The van der Waals surface area contributed by atoms with Gasteiger partial charge in [-0.3, -0.25) is 4.79 Å². The van der Waals surface area contributed by atoms with E-state index in [0.717, 1.165) is 0 Å². The minimum absolute atomic E-state index is 0. The first-order chi connectivity index (χ1) is 17.0. The van der Waals surface area contributed by atoms with Crippen LogP contribution in [0.3, 0.4) is 0 Å². The summed E-state index contributed by atoms with van der Waals surface area (Å²) in [5.41, 5.74) is 6.89. The molecule has 3 heterocycles. The van der Waals surface area contributed by atoms with Crippen LogP contribution in [0.1, 0.15) is 0 Å². The molecule has 0 radical (unpaired) electrons. The van der Waals surface area contributed by atoms with Gasteiger partial charge in [0.25, 0.3) is 5.91 Å². The Morgan fingerprint density at radius 3 is 2.35 bits per heavy atom. The number of fused-ring (bicyclic) bond motifs is 2. The molecule has 1 fully saturated rings. The summed E-state index contributed by atoms with van der Waals surface area (Å²) in [5.74, 6) is 3.64. The number of benzene rings is 2. The van der Waals surface area contributed by atoms with Gasteiger partial charge in [0.05, 0.1) is 26.8 Å². The lowest BCUT2D eigenvalue weighted by Gasteiger charge is -2.37. The lowest BCUT2D eigenvalue weighted by Crippen LogP contribution is -2.54. The van der Waals surface area contributed by atoms with Crippen LogP contribution in [-0.2, 0) is 4.79 Å². The fourth-order valence-corrected chi connectivity index (χ4v) is 4.24. The highest BCUT2D eigenvalue weighted by molar-refractivity contribution is 5.91. The normalized spacial score (nSPS) is 16.4. The van der Waals surface area contributed by atoms with E-state index < -0.39 is 6.10 Å². The molecule has 5 rings (SSSR count). The van der Waals surface area contributed by atoms with Gasteiger partial charge in [0.2, 0.25) is 12.1 Å². The fourth-order valence-electron chi connectivity index (χ4n) is 4.24. The molecule has 4 N–H and O–H groups in total. The molecule has 1 atom stereocenters. The minimum Gasteiger partial charge on any atom is -0.497 e. The standard InChI is InChI=1S/C24H27N5O6.ClH.H2O/c1-31-14-4-5-17-20(10-14)34-13-21(35-17)23(30)28-6-8-29(9-7-28)24-26-16-12-19(33-3)18(32-2)11-15(16)22(25)27-24;;/h4-5,10-12,21H,6-9,13H2,1-3H3,(H2,25,26,27);1H;1H2.